The molecule has 1 heterocycles. The lowest BCUT2D eigenvalue weighted by Crippen LogP contribution is -2.02. The zero-order valence-electron chi connectivity index (χ0n) is 7.75. The summed E-state index contributed by atoms with van der Waals surface area (Å²) in [5.41, 5.74) is 4.89. The number of hydrogen-bond donors (Lipinski definition) is 1. The van der Waals surface area contributed by atoms with Gasteiger partial charge in [0.2, 0.25) is 11.8 Å². The normalized spacial score (nSPS) is 10.4. The van der Waals surface area contributed by atoms with Gasteiger partial charge in [-0.15, -0.1) is 0 Å². The molecule has 0 atom stereocenters. The molecule has 14 heavy (non-hydrogen) atoms. The summed E-state index contributed by atoms with van der Waals surface area (Å²) < 4.78 is 34.4. The first-order valence-corrected chi connectivity index (χ1v) is 3.76. The van der Waals surface area contributed by atoms with Crippen molar-refractivity contribution in [2.24, 2.45) is 0 Å². The van der Waals surface area contributed by atoms with E-state index in [1.807, 2.05) is 0 Å². The summed E-state index contributed by atoms with van der Waals surface area (Å²) in [6.45, 7) is 0. The molecule has 0 saturated heterocycles. The van der Waals surface area contributed by atoms with Crippen LogP contribution in [0.5, 0.6) is 11.8 Å². The first-order chi connectivity index (χ1) is 6.60. The number of nitrogen functional groups attached to an aromatic ring is 1. The maximum Gasteiger partial charge on any atom is 0.271 e. The number of methoxy groups -OCH3 is 2. The fourth-order valence-corrected chi connectivity index (χ4v) is 1.01. The van der Waals surface area contributed by atoms with Crippen molar-refractivity contribution in [2.75, 3.05) is 20.0 Å². The van der Waals surface area contributed by atoms with E-state index in [2.05, 4.69) is 9.72 Å². The van der Waals surface area contributed by atoms with Gasteiger partial charge in [0.25, 0.3) is 6.43 Å². The molecule has 0 aliphatic rings. The lowest BCUT2D eigenvalue weighted by molar-refractivity contribution is 0.146. The molecule has 0 aromatic carbocycles. The Morgan fingerprint density at radius 1 is 1.36 bits per heavy atom. The van der Waals surface area contributed by atoms with Crippen LogP contribution in [0, 0.1) is 0 Å². The molecule has 0 fully saturated rings. The van der Waals surface area contributed by atoms with Gasteiger partial charge in [0, 0.05) is 6.07 Å². The van der Waals surface area contributed by atoms with Crippen LogP contribution in [0.15, 0.2) is 6.07 Å². The molecular formula is C8H10F2N2O2. The number of pyridine rings is 1. The molecule has 0 spiro atoms. The van der Waals surface area contributed by atoms with Crippen molar-refractivity contribution in [3.05, 3.63) is 11.6 Å². The van der Waals surface area contributed by atoms with Crippen molar-refractivity contribution < 1.29 is 18.3 Å². The van der Waals surface area contributed by atoms with Gasteiger partial charge in [0.1, 0.15) is 5.56 Å². The molecule has 6 heteroatoms. The van der Waals surface area contributed by atoms with Crippen molar-refractivity contribution in [1.82, 2.24) is 4.98 Å². The average molecular weight is 204 g/mol. The zero-order chi connectivity index (χ0) is 10.7. The molecule has 0 amide bonds. The van der Waals surface area contributed by atoms with Gasteiger partial charge in [-0.25, -0.2) is 8.78 Å². The second kappa shape index (κ2) is 4.08. The van der Waals surface area contributed by atoms with E-state index in [-0.39, 0.29) is 17.4 Å². The molecule has 0 unspecified atom stereocenters. The number of ether oxygens (including phenoxy) is 2. The van der Waals surface area contributed by atoms with Crippen molar-refractivity contribution in [2.45, 2.75) is 6.43 Å². The van der Waals surface area contributed by atoms with Gasteiger partial charge >= 0.3 is 0 Å². The summed E-state index contributed by atoms with van der Waals surface area (Å²) in [5.74, 6) is -0.0689. The summed E-state index contributed by atoms with van der Waals surface area (Å²) in [7, 11) is 2.61. The second-order valence-corrected chi connectivity index (χ2v) is 2.48. The Kier molecular flexibility index (Phi) is 3.06. The van der Waals surface area contributed by atoms with Crippen LogP contribution in [0.1, 0.15) is 12.0 Å². The first-order valence-electron chi connectivity index (χ1n) is 3.76. The van der Waals surface area contributed by atoms with Crippen molar-refractivity contribution >= 4 is 5.69 Å². The standard InChI is InChI=1S/C8H10F2N2O2/c1-13-5-3-4(11)6(7(9)10)8(12-5)14-2/h3,7H,1-2H3,(H2,11,12). The van der Waals surface area contributed by atoms with Gasteiger partial charge in [-0.1, -0.05) is 0 Å². The number of nitrogens with two attached hydrogens (primary N) is 1. The first kappa shape index (κ1) is 10.5. The molecule has 1 rings (SSSR count). The predicted octanol–water partition coefficient (Wildman–Crippen LogP) is 1.62. The van der Waals surface area contributed by atoms with Gasteiger partial charge < -0.3 is 15.2 Å². The maximum atomic E-state index is 12.5. The highest BCUT2D eigenvalue weighted by atomic mass is 19.3. The number of halogens is 2. The lowest BCUT2D eigenvalue weighted by atomic mass is 10.2. The number of alkyl halides is 2. The predicted molar refractivity (Wildman–Crippen MR) is 46.7 cm³/mol. The van der Waals surface area contributed by atoms with E-state index in [0.29, 0.717) is 0 Å². The highest BCUT2D eigenvalue weighted by Gasteiger charge is 2.20. The zero-order valence-corrected chi connectivity index (χ0v) is 7.75. The van der Waals surface area contributed by atoms with Crippen LogP contribution in [0.3, 0.4) is 0 Å². The van der Waals surface area contributed by atoms with Gasteiger partial charge in [0.05, 0.1) is 19.9 Å². The Morgan fingerprint density at radius 3 is 2.43 bits per heavy atom. The largest absolute Gasteiger partial charge is 0.481 e. The minimum atomic E-state index is -2.72. The second-order valence-electron chi connectivity index (χ2n) is 2.48. The highest BCUT2D eigenvalue weighted by molar-refractivity contribution is 5.54. The third-order valence-corrected chi connectivity index (χ3v) is 1.65. The molecular weight excluding hydrogens is 194 g/mol. The number of nitrogens with zero attached hydrogens (tertiary/aromatic N) is 1. The lowest BCUT2D eigenvalue weighted by Gasteiger charge is -2.10. The smallest absolute Gasteiger partial charge is 0.271 e. The summed E-state index contributed by atoms with van der Waals surface area (Å²) in [5, 5.41) is 0. The quantitative estimate of drug-likeness (QED) is 0.812. The number of rotatable bonds is 3. The number of anilines is 1. The summed E-state index contributed by atoms with van der Waals surface area (Å²) in [6.07, 6.45) is -2.72. The topological polar surface area (TPSA) is 57.4 Å². The van der Waals surface area contributed by atoms with Crippen molar-refractivity contribution in [3.8, 4) is 11.8 Å². The van der Waals surface area contributed by atoms with Crippen LogP contribution in [-0.2, 0) is 0 Å². The number of aromatic nitrogens is 1. The van der Waals surface area contributed by atoms with Gasteiger partial charge in [-0.2, -0.15) is 4.98 Å². The van der Waals surface area contributed by atoms with E-state index in [0.717, 1.165) is 0 Å². The minimum Gasteiger partial charge on any atom is -0.481 e. The van der Waals surface area contributed by atoms with E-state index in [4.69, 9.17) is 10.5 Å². The Bertz CT molecular complexity index is 331. The van der Waals surface area contributed by atoms with E-state index in [1.165, 1.54) is 20.3 Å². The van der Waals surface area contributed by atoms with Crippen LogP contribution in [0.4, 0.5) is 14.5 Å². The monoisotopic (exact) mass is 204 g/mol. The van der Waals surface area contributed by atoms with Gasteiger partial charge in [-0.3, -0.25) is 0 Å². The van der Waals surface area contributed by atoms with Crippen LogP contribution in [-0.4, -0.2) is 19.2 Å². The molecule has 1 aromatic heterocycles. The van der Waals surface area contributed by atoms with Crippen LogP contribution in [0.25, 0.3) is 0 Å². The Hall–Kier alpha value is -1.59. The Balaban J connectivity index is 3.27. The van der Waals surface area contributed by atoms with Gasteiger partial charge in [0.15, 0.2) is 0 Å². The van der Waals surface area contributed by atoms with Crippen LogP contribution >= 0.6 is 0 Å². The molecule has 1 aromatic rings. The molecule has 2 N–H and O–H groups in total. The third-order valence-electron chi connectivity index (χ3n) is 1.65. The third kappa shape index (κ3) is 1.84. The van der Waals surface area contributed by atoms with Gasteiger partial charge in [-0.05, 0) is 0 Å². The SMILES string of the molecule is COc1cc(N)c(C(F)F)c(OC)n1. The van der Waals surface area contributed by atoms with E-state index >= 15 is 0 Å². The molecule has 0 saturated carbocycles. The van der Waals surface area contributed by atoms with E-state index in [1.54, 1.807) is 0 Å². The molecule has 4 nitrogen and oxygen atoms in total. The molecule has 0 bridgehead atoms. The number of hydrogen-bond acceptors (Lipinski definition) is 4. The van der Waals surface area contributed by atoms with Crippen molar-refractivity contribution in [1.29, 1.82) is 0 Å². The minimum absolute atomic E-state index is 0.0938. The highest BCUT2D eigenvalue weighted by Crippen LogP contribution is 2.34. The molecule has 78 valence electrons. The van der Waals surface area contributed by atoms with E-state index < -0.39 is 12.0 Å². The average Bonchev–Trinajstić information content (AvgIpc) is 2.15. The fourth-order valence-electron chi connectivity index (χ4n) is 1.01. The van der Waals surface area contributed by atoms with Crippen LogP contribution < -0.4 is 15.2 Å². The van der Waals surface area contributed by atoms with Crippen LogP contribution in [0.2, 0.25) is 0 Å². The Labute approximate surface area is 79.6 Å². The van der Waals surface area contributed by atoms with Crippen molar-refractivity contribution in [3.63, 3.8) is 0 Å². The van der Waals surface area contributed by atoms with E-state index in [9.17, 15) is 8.78 Å². The summed E-state index contributed by atoms with van der Waals surface area (Å²) in [6, 6.07) is 1.23. The molecule has 0 radical (unpaired) electrons. The summed E-state index contributed by atoms with van der Waals surface area (Å²) in [4.78, 5) is 3.69. The maximum absolute atomic E-state index is 12.5. The fraction of sp³-hybridized carbons (Fsp3) is 0.375. The molecule has 0 aliphatic carbocycles. The molecule has 0 aliphatic heterocycles. The summed E-state index contributed by atoms with van der Waals surface area (Å²) >= 11 is 0. The Morgan fingerprint density at radius 2 is 2.00 bits per heavy atom.